The van der Waals surface area contributed by atoms with Gasteiger partial charge in [-0.2, -0.15) is 5.10 Å². The molecule has 0 saturated heterocycles. The van der Waals surface area contributed by atoms with E-state index in [-0.39, 0.29) is 22.8 Å². The number of halogens is 1. The molecule has 0 unspecified atom stereocenters. The van der Waals surface area contributed by atoms with Crippen molar-refractivity contribution in [1.82, 2.24) is 5.43 Å². The second-order valence-corrected chi connectivity index (χ2v) is 4.58. The van der Waals surface area contributed by atoms with Crippen molar-refractivity contribution in [3.63, 3.8) is 0 Å². The Hall–Kier alpha value is -2.68. The molecule has 9 heteroatoms. The Bertz CT molecular complexity index is 725. The number of carbonyl (C=O) groups excluding carboxylic acids is 1. The van der Waals surface area contributed by atoms with Crippen molar-refractivity contribution in [2.45, 2.75) is 0 Å². The summed E-state index contributed by atoms with van der Waals surface area (Å²) in [5.74, 6) is -0.747. The molecule has 2 N–H and O–H groups in total. The van der Waals surface area contributed by atoms with Crippen molar-refractivity contribution in [3.8, 4) is 5.75 Å². The number of nitrogens with one attached hydrogen (secondary N) is 1. The fourth-order valence-electron chi connectivity index (χ4n) is 1.41. The van der Waals surface area contributed by atoms with Crippen LogP contribution < -0.4 is 5.43 Å². The van der Waals surface area contributed by atoms with E-state index in [1.54, 1.807) is 6.07 Å². The maximum atomic E-state index is 11.6. The third-order valence-electron chi connectivity index (χ3n) is 2.39. The first-order valence-corrected chi connectivity index (χ1v) is 6.33. The summed E-state index contributed by atoms with van der Waals surface area (Å²) in [7, 11) is 0. The van der Waals surface area contributed by atoms with Crippen LogP contribution in [0.15, 0.2) is 44.5 Å². The standard InChI is InChI=1S/C12H8BrN3O5/c13-11-4-3-10(21-11)12(18)15-14-6-7-5-8(16(19)20)1-2-9(7)17/h1-6,17H,(H,15,18). The lowest BCUT2D eigenvalue weighted by atomic mass is 10.2. The smallest absolute Gasteiger partial charge is 0.307 e. The first-order chi connectivity index (χ1) is 9.97. The zero-order chi connectivity index (χ0) is 15.4. The van der Waals surface area contributed by atoms with Crippen LogP contribution in [0.25, 0.3) is 0 Å². The van der Waals surface area contributed by atoms with Gasteiger partial charge in [-0.15, -0.1) is 0 Å². The van der Waals surface area contributed by atoms with Crippen LogP contribution in [0.4, 0.5) is 5.69 Å². The Kier molecular flexibility index (Phi) is 4.33. The van der Waals surface area contributed by atoms with E-state index in [9.17, 15) is 20.0 Å². The van der Waals surface area contributed by atoms with E-state index < -0.39 is 10.8 Å². The van der Waals surface area contributed by atoms with Crippen LogP contribution in [0.1, 0.15) is 16.1 Å². The zero-order valence-corrected chi connectivity index (χ0v) is 11.9. The van der Waals surface area contributed by atoms with Gasteiger partial charge in [0.15, 0.2) is 10.4 Å². The van der Waals surface area contributed by atoms with Gasteiger partial charge in [-0.05, 0) is 34.1 Å². The number of furan rings is 1. The maximum absolute atomic E-state index is 11.6. The summed E-state index contributed by atoms with van der Waals surface area (Å²) in [6.45, 7) is 0. The molecule has 0 aliphatic heterocycles. The number of nitro groups is 1. The normalized spacial score (nSPS) is 10.7. The van der Waals surface area contributed by atoms with Crippen molar-refractivity contribution < 1.29 is 19.2 Å². The van der Waals surface area contributed by atoms with E-state index in [2.05, 4.69) is 26.5 Å². The highest BCUT2D eigenvalue weighted by molar-refractivity contribution is 9.10. The van der Waals surface area contributed by atoms with Crippen LogP contribution in [-0.2, 0) is 0 Å². The van der Waals surface area contributed by atoms with Crippen LogP contribution in [0.3, 0.4) is 0 Å². The van der Waals surface area contributed by atoms with Crippen LogP contribution >= 0.6 is 15.9 Å². The molecule has 0 aliphatic carbocycles. The molecule has 0 aliphatic rings. The van der Waals surface area contributed by atoms with Crippen molar-refractivity contribution in [1.29, 1.82) is 0 Å². The molecule has 0 atom stereocenters. The largest absolute Gasteiger partial charge is 0.507 e. The summed E-state index contributed by atoms with van der Waals surface area (Å²) >= 11 is 3.05. The summed E-state index contributed by atoms with van der Waals surface area (Å²) in [6, 6.07) is 6.45. The van der Waals surface area contributed by atoms with Gasteiger partial charge in [0.1, 0.15) is 5.75 Å². The van der Waals surface area contributed by atoms with E-state index in [0.717, 1.165) is 18.3 Å². The van der Waals surface area contributed by atoms with E-state index in [4.69, 9.17) is 4.42 Å². The Morgan fingerprint density at radius 1 is 1.43 bits per heavy atom. The minimum absolute atomic E-state index is 0.0438. The van der Waals surface area contributed by atoms with E-state index in [0.29, 0.717) is 4.67 Å². The molecular weight excluding hydrogens is 346 g/mol. The van der Waals surface area contributed by atoms with Gasteiger partial charge in [-0.1, -0.05) is 0 Å². The number of nitro benzene ring substituents is 1. The lowest BCUT2D eigenvalue weighted by molar-refractivity contribution is -0.384. The lowest BCUT2D eigenvalue weighted by Crippen LogP contribution is -2.16. The van der Waals surface area contributed by atoms with Gasteiger partial charge < -0.3 is 9.52 Å². The van der Waals surface area contributed by atoms with Gasteiger partial charge in [0.2, 0.25) is 0 Å². The number of aromatic hydroxyl groups is 1. The molecular formula is C12H8BrN3O5. The number of phenolic OH excluding ortho intramolecular Hbond substituents is 1. The molecule has 21 heavy (non-hydrogen) atoms. The maximum Gasteiger partial charge on any atom is 0.307 e. The molecule has 1 aromatic heterocycles. The molecule has 1 aromatic carbocycles. The Morgan fingerprint density at radius 2 is 2.19 bits per heavy atom. The van der Waals surface area contributed by atoms with Crippen molar-refractivity contribution in [3.05, 3.63) is 56.4 Å². The number of carbonyl (C=O) groups is 1. The number of nitrogens with zero attached hydrogens (tertiary/aromatic N) is 2. The Morgan fingerprint density at radius 3 is 2.81 bits per heavy atom. The Labute approximate surface area is 126 Å². The van der Waals surface area contributed by atoms with E-state index in [1.807, 2.05) is 0 Å². The van der Waals surface area contributed by atoms with E-state index in [1.165, 1.54) is 12.1 Å². The minimum atomic E-state index is -0.601. The third-order valence-corrected chi connectivity index (χ3v) is 2.81. The molecule has 0 fully saturated rings. The number of amides is 1. The molecule has 1 heterocycles. The van der Waals surface area contributed by atoms with E-state index >= 15 is 0 Å². The number of hydrogen-bond acceptors (Lipinski definition) is 6. The lowest BCUT2D eigenvalue weighted by Gasteiger charge is -1.99. The molecule has 2 aromatic rings. The third kappa shape index (κ3) is 3.66. The van der Waals surface area contributed by atoms with Gasteiger partial charge in [-0.25, -0.2) is 5.43 Å². The van der Waals surface area contributed by atoms with Crippen LogP contribution in [-0.4, -0.2) is 22.2 Å². The summed E-state index contributed by atoms with van der Waals surface area (Å²) in [5, 5.41) is 23.8. The van der Waals surface area contributed by atoms with Gasteiger partial charge in [-0.3, -0.25) is 14.9 Å². The molecule has 1 amide bonds. The first-order valence-electron chi connectivity index (χ1n) is 5.53. The SMILES string of the molecule is O=C(NN=Cc1cc([N+](=O)[O-])ccc1O)c1ccc(Br)o1. The first kappa shape index (κ1) is 14.7. The van der Waals surface area contributed by atoms with Crippen LogP contribution in [0.2, 0.25) is 0 Å². The van der Waals surface area contributed by atoms with Crippen molar-refractivity contribution in [2.75, 3.05) is 0 Å². The van der Waals surface area contributed by atoms with Gasteiger partial charge in [0.25, 0.3) is 5.69 Å². The molecule has 2 rings (SSSR count). The average Bonchev–Trinajstić information content (AvgIpc) is 2.87. The number of benzene rings is 1. The summed E-state index contributed by atoms with van der Waals surface area (Å²) < 4.78 is 5.41. The monoisotopic (exact) mass is 353 g/mol. The van der Waals surface area contributed by atoms with Crippen molar-refractivity contribution >= 4 is 33.7 Å². The second kappa shape index (κ2) is 6.18. The van der Waals surface area contributed by atoms with Gasteiger partial charge in [0.05, 0.1) is 11.1 Å². The average molecular weight is 354 g/mol. The molecule has 0 radical (unpaired) electrons. The predicted molar refractivity (Wildman–Crippen MR) is 76.2 cm³/mol. The predicted octanol–water partition coefficient (Wildman–Crippen LogP) is 2.42. The number of phenols is 1. The zero-order valence-electron chi connectivity index (χ0n) is 10.3. The van der Waals surface area contributed by atoms with Gasteiger partial charge >= 0.3 is 5.91 Å². The molecule has 0 saturated carbocycles. The number of non-ortho nitro benzene ring substituents is 1. The van der Waals surface area contributed by atoms with Crippen molar-refractivity contribution in [2.24, 2.45) is 5.10 Å². The second-order valence-electron chi connectivity index (χ2n) is 3.80. The highest BCUT2D eigenvalue weighted by atomic mass is 79.9. The van der Waals surface area contributed by atoms with Crippen LogP contribution in [0.5, 0.6) is 5.75 Å². The summed E-state index contributed by atoms with van der Waals surface area (Å²) in [6.07, 6.45) is 1.10. The molecule has 108 valence electrons. The fourth-order valence-corrected chi connectivity index (χ4v) is 1.72. The Balaban J connectivity index is 2.09. The highest BCUT2D eigenvalue weighted by Crippen LogP contribution is 2.21. The number of rotatable bonds is 4. The molecule has 0 spiro atoms. The highest BCUT2D eigenvalue weighted by Gasteiger charge is 2.10. The molecule has 0 bridgehead atoms. The van der Waals surface area contributed by atoms with Gasteiger partial charge in [0, 0.05) is 17.7 Å². The summed E-state index contributed by atoms with van der Waals surface area (Å²) in [5.41, 5.74) is 2.08. The molecule has 8 nitrogen and oxygen atoms in total. The quantitative estimate of drug-likeness (QED) is 0.497. The minimum Gasteiger partial charge on any atom is -0.507 e. The number of hydrazone groups is 1. The fraction of sp³-hybridized carbons (Fsp3) is 0. The number of hydrogen-bond donors (Lipinski definition) is 2. The summed E-state index contributed by atoms with van der Waals surface area (Å²) in [4.78, 5) is 21.6. The topological polar surface area (TPSA) is 118 Å². The van der Waals surface area contributed by atoms with Crippen LogP contribution in [0, 0.1) is 10.1 Å².